The van der Waals surface area contributed by atoms with Crippen LogP contribution < -0.4 is 5.32 Å². The second-order valence-corrected chi connectivity index (χ2v) is 7.76. The zero-order chi connectivity index (χ0) is 16.3. The Kier molecular flexibility index (Phi) is 5.75. The van der Waals surface area contributed by atoms with Gasteiger partial charge in [-0.1, -0.05) is 13.3 Å². The van der Waals surface area contributed by atoms with Crippen LogP contribution in [0.2, 0.25) is 0 Å². The number of nitrogens with zero attached hydrogens (tertiary/aromatic N) is 1. The molecule has 21 heavy (non-hydrogen) atoms. The number of amides is 1. The molecule has 1 amide bonds. The minimum atomic E-state index is -3.44. The lowest BCUT2D eigenvalue weighted by molar-refractivity contribution is -0.148. The van der Waals surface area contributed by atoms with Crippen molar-refractivity contribution in [2.75, 3.05) is 19.3 Å². The Bertz CT molecular complexity index is 505. The Labute approximate surface area is 125 Å². The highest BCUT2D eigenvalue weighted by Crippen LogP contribution is 2.22. The van der Waals surface area contributed by atoms with Crippen LogP contribution in [0.25, 0.3) is 0 Å². The van der Waals surface area contributed by atoms with Gasteiger partial charge < -0.3 is 10.4 Å². The van der Waals surface area contributed by atoms with Crippen LogP contribution >= 0.6 is 0 Å². The molecule has 1 fully saturated rings. The Morgan fingerprint density at radius 3 is 2.48 bits per heavy atom. The van der Waals surface area contributed by atoms with Crippen molar-refractivity contribution in [3.8, 4) is 0 Å². The van der Waals surface area contributed by atoms with Crippen molar-refractivity contribution in [2.24, 2.45) is 5.41 Å². The quantitative estimate of drug-likeness (QED) is 0.738. The molecule has 1 heterocycles. The molecule has 0 aromatic carbocycles. The van der Waals surface area contributed by atoms with E-state index in [0.29, 0.717) is 19.4 Å². The molecule has 2 unspecified atom stereocenters. The monoisotopic (exact) mass is 320 g/mol. The van der Waals surface area contributed by atoms with Gasteiger partial charge >= 0.3 is 5.97 Å². The molecule has 0 radical (unpaired) electrons. The Hall–Kier alpha value is -1.15. The number of hydrogen-bond acceptors (Lipinski definition) is 4. The molecule has 0 saturated carbocycles. The Balaban J connectivity index is 2.76. The van der Waals surface area contributed by atoms with Crippen molar-refractivity contribution < 1.29 is 23.1 Å². The molecule has 0 aliphatic carbocycles. The van der Waals surface area contributed by atoms with E-state index in [1.807, 2.05) is 0 Å². The molecule has 7 nitrogen and oxygen atoms in total. The third-order valence-corrected chi connectivity index (χ3v) is 5.42. The largest absolute Gasteiger partial charge is 0.481 e. The van der Waals surface area contributed by atoms with Crippen LogP contribution in [0, 0.1) is 5.41 Å². The van der Waals surface area contributed by atoms with Gasteiger partial charge in [0.2, 0.25) is 15.9 Å². The van der Waals surface area contributed by atoms with Gasteiger partial charge in [0.1, 0.15) is 6.04 Å². The number of carboxylic acid groups (broad SMARTS) is 1. The first-order valence-electron chi connectivity index (χ1n) is 7.10. The minimum Gasteiger partial charge on any atom is -0.481 e. The number of aliphatic carboxylic acids is 1. The summed E-state index contributed by atoms with van der Waals surface area (Å²) >= 11 is 0. The summed E-state index contributed by atoms with van der Waals surface area (Å²) in [7, 11) is -3.44. The maximum absolute atomic E-state index is 12.2. The Morgan fingerprint density at radius 2 is 2.00 bits per heavy atom. The van der Waals surface area contributed by atoms with E-state index in [9.17, 15) is 23.1 Å². The Morgan fingerprint density at radius 1 is 1.38 bits per heavy atom. The summed E-state index contributed by atoms with van der Waals surface area (Å²) < 4.78 is 24.6. The summed E-state index contributed by atoms with van der Waals surface area (Å²) in [4.78, 5) is 23.4. The van der Waals surface area contributed by atoms with Crippen LogP contribution in [0.1, 0.15) is 39.5 Å². The lowest BCUT2D eigenvalue weighted by atomic mass is 9.87. The molecule has 2 atom stereocenters. The van der Waals surface area contributed by atoms with E-state index in [0.717, 1.165) is 19.1 Å². The highest BCUT2D eigenvalue weighted by atomic mass is 32.2. The number of carbonyl (C=O) groups is 2. The molecule has 0 spiro atoms. The van der Waals surface area contributed by atoms with Crippen LogP contribution in [0.15, 0.2) is 0 Å². The smallest absolute Gasteiger partial charge is 0.311 e. The second-order valence-electron chi connectivity index (χ2n) is 5.82. The highest BCUT2D eigenvalue weighted by Gasteiger charge is 2.37. The molecule has 1 rings (SSSR count). The maximum atomic E-state index is 12.2. The van der Waals surface area contributed by atoms with Gasteiger partial charge in [-0.3, -0.25) is 9.59 Å². The van der Waals surface area contributed by atoms with Crippen LogP contribution in [0.3, 0.4) is 0 Å². The lowest BCUT2D eigenvalue weighted by Gasteiger charge is -2.33. The molecule has 0 bridgehead atoms. The summed E-state index contributed by atoms with van der Waals surface area (Å²) in [5.74, 6) is -1.39. The van der Waals surface area contributed by atoms with Gasteiger partial charge in [-0.25, -0.2) is 8.42 Å². The van der Waals surface area contributed by atoms with E-state index in [4.69, 9.17) is 0 Å². The predicted octanol–water partition coefficient (Wildman–Crippen LogP) is 0.418. The maximum Gasteiger partial charge on any atom is 0.311 e. The number of carbonyl (C=O) groups excluding carboxylic acids is 1. The summed E-state index contributed by atoms with van der Waals surface area (Å²) in [6.45, 7) is 3.63. The van der Waals surface area contributed by atoms with Crippen molar-refractivity contribution in [1.29, 1.82) is 0 Å². The lowest BCUT2D eigenvalue weighted by Crippen LogP contribution is -2.53. The van der Waals surface area contributed by atoms with Crippen molar-refractivity contribution >= 4 is 21.9 Å². The van der Waals surface area contributed by atoms with Crippen LogP contribution in [-0.2, 0) is 19.6 Å². The first-order valence-corrected chi connectivity index (χ1v) is 8.94. The van der Waals surface area contributed by atoms with E-state index in [-0.39, 0.29) is 6.54 Å². The number of sulfonamides is 1. The fraction of sp³-hybridized carbons (Fsp3) is 0.846. The topological polar surface area (TPSA) is 104 Å². The molecular weight excluding hydrogens is 296 g/mol. The molecule has 1 saturated heterocycles. The fourth-order valence-electron chi connectivity index (χ4n) is 2.32. The molecule has 8 heteroatoms. The first-order chi connectivity index (χ1) is 9.62. The number of carboxylic acids is 1. The first kappa shape index (κ1) is 17.9. The molecule has 1 aliphatic rings. The zero-order valence-electron chi connectivity index (χ0n) is 12.8. The van der Waals surface area contributed by atoms with E-state index in [1.165, 1.54) is 4.31 Å². The van der Waals surface area contributed by atoms with E-state index in [2.05, 4.69) is 5.32 Å². The standard InChI is InChI=1S/C13H24N2O5S/c1-4-13(2,12(17)18)9-14-11(16)10-7-5-6-8-15(10)21(3,19)20/h10H,4-9H2,1-3H3,(H,14,16)(H,17,18). The van der Waals surface area contributed by atoms with Crippen LogP contribution in [-0.4, -0.2) is 55.1 Å². The average Bonchev–Trinajstić information content (AvgIpc) is 2.43. The molecule has 0 aromatic heterocycles. The van der Waals surface area contributed by atoms with Gasteiger partial charge in [0.25, 0.3) is 0 Å². The third-order valence-electron chi connectivity index (χ3n) is 4.13. The average molecular weight is 320 g/mol. The van der Waals surface area contributed by atoms with E-state index in [1.54, 1.807) is 13.8 Å². The summed E-state index contributed by atoms with van der Waals surface area (Å²) in [5, 5.41) is 11.8. The molecule has 2 N–H and O–H groups in total. The minimum absolute atomic E-state index is 0.00817. The van der Waals surface area contributed by atoms with Gasteiger partial charge in [-0.15, -0.1) is 0 Å². The van der Waals surface area contributed by atoms with E-state index >= 15 is 0 Å². The van der Waals surface area contributed by atoms with Gasteiger partial charge in [0.15, 0.2) is 0 Å². The molecule has 122 valence electrons. The number of hydrogen-bond donors (Lipinski definition) is 2. The van der Waals surface area contributed by atoms with Gasteiger partial charge in [0.05, 0.1) is 11.7 Å². The van der Waals surface area contributed by atoms with Crippen molar-refractivity contribution in [3.63, 3.8) is 0 Å². The number of nitrogens with one attached hydrogen (secondary N) is 1. The third kappa shape index (κ3) is 4.41. The van der Waals surface area contributed by atoms with Crippen LogP contribution in [0.5, 0.6) is 0 Å². The van der Waals surface area contributed by atoms with Crippen molar-refractivity contribution in [2.45, 2.75) is 45.6 Å². The second kappa shape index (κ2) is 6.74. The molecule has 0 aromatic rings. The van der Waals surface area contributed by atoms with Gasteiger partial charge in [-0.05, 0) is 26.2 Å². The summed E-state index contributed by atoms with van der Waals surface area (Å²) in [5.41, 5.74) is -1.04. The number of rotatable bonds is 6. The van der Waals surface area contributed by atoms with Gasteiger partial charge in [-0.2, -0.15) is 4.31 Å². The zero-order valence-corrected chi connectivity index (χ0v) is 13.6. The number of piperidine rings is 1. The van der Waals surface area contributed by atoms with Gasteiger partial charge in [0, 0.05) is 13.1 Å². The van der Waals surface area contributed by atoms with E-state index < -0.39 is 33.4 Å². The summed E-state index contributed by atoms with van der Waals surface area (Å²) in [6, 6.07) is -0.733. The normalized spacial score (nSPS) is 23.3. The highest BCUT2D eigenvalue weighted by molar-refractivity contribution is 7.88. The summed E-state index contributed by atoms with van der Waals surface area (Å²) in [6.07, 6.45) is 3.45. The van der Waals surface area contributed by atoms with Crippen molar-refractivity contribution in [1.82, 2.24) is 9.62 Å². The fourth-order valence-corrected chi connectivity index (χ4v) is 3.44. The SMILES string of the molecule is CCC(C)(CNC(=O)C1CCCCN1S(C)(=O)=O)C(=O)O. The molecule has 1 aliphatic heterocycles. The van der Waals surface area contributed by atoms with Crippen LogP contribution in [0.4, 0.5) is 0 Å². The molecular formula is C13H24N2O5S. The van der Waals surface area contributed by atoms with Crippen molar-refractivity contribution in [3.05, 3.63) is 0 Å². The predicted molar refractivity (Wildman–Crippen MR) is 78.2 cm³/mol.